The molecular weight excluding hydrogens is 208 g/mol. The Kier molecular flexibility index (Phi) is 4.43. The Morgan fingerprint density at radius 3 is 2.65 bits per heavy atom. The van der Waals surface area contributed by atoms with Crippen molar-refractivity contribution in [1.29, 1.82) is 0 Å². The monoisotopic (exact) mass is 232 g/mol. The molecule has 0 saturated carbocycles. The summed E-state index contributed by atoms with van der Waals surface area (Å²) < 4.78 is 0. The van der Waals surface area contributed by atoms with Crippen LogP contribution in [0.4, 0.5) is 5.69 Å². The van der Waals surface area contributed by atoms with E-state index >= 15 is 0 Å². The van der Waals surface area contributed by atoms with E-state index in [0.29, 0.717) is 0 Å². The van der Waals surface area contributed by atoms with Gasteiger partial charge in [-0.05, 0) is 64.4 Å². The molecule has 94 valence electrons. The quantitative estimate of drug-likeness (QED) is 0.784. The van der Waals surface area contributed by atoms with Gasteiger partial charge in [0.25, 0.3) is 0 Å². The van der Waals surface area contributed by atoms with E-state index < -0.39 is 0 Å². The summed E-state index contributed by atoms with van der Waals surface area (Å²) in [4.78, 5) is 2.57. The molecule has 1 aromatic rings. The van der Waals surface area contributed by atoms with Crippen molar-refractivity contribution >= 4 is 5.69 Å². The first-order valence-electron chi connectivity index (χ1n) is 6.79. The first kappa shape index (κ1) is 12.4. The molecular formula is C15H24N2. The number of rotatable bonds is 5. The first-order chi connectivity index (χ1) is 8.25. The molecule has 0 aromatic heterocycles. The zero-order chi connectivity index (χ0) is 12.1. The molecule has 0 unspecified atom stereocenters. The van der Waals surface area contributed by atoms with E-state index in [1.54, 1.807) is 0 Å². The van der Waals surface area contributed by atoms with Gasteiger partial charge in [0.2, 0.25) is 0 Å². The highest BCUT2D eigenvalue weighted by molar-refractivity contribution is 5.51. The van der Waals surface area contributed by atoms with Crippen LogP contribution in [0.3, 0.4) is 0 Å². The molecule has 0 spiro atoms. The molecule has 1 aromatic carbocycles. The zero-order valence-electron chi connectivity index (χ0n) is 11.1. The molecule has 1 fully saturated rings. The van der Waals surface area contributed by atoms with Gasteiger partial charge in [-0.3, -0.25) is 0 Å². The Morgan fingerprint density at radius 2 is 1.94 bits per heavy atom. The van der Waals surface area contributed by atoms with Crippen molar-refractivity contribution < 1.29 is 0 Å². The normalized spacial score (nSPS) is 16.4. The lowest BCUT2D eigenvalue weighted by molar-refractivity contribution is 0.337. The highest BCUT2D eigenvalue weighted by Gasteiger charge is 2.09. The molecule has 2 heteroatoms. The van der Waals surface area contributed by atoms with Gasteiger partial charge in [-0.2, -0.15) is 0 Å². The van der Waals surface area contributed by atoms with Gasteiger partial charge in [0, 0.05) is 12.2 Å². The minimum atomic E-state index is 1.08. The fraction of sp³-hybridized carbons (Fsp3) is 0.600. The van der Waals surface area contributed by atoms with Crippen molar-refractivity contribution in [3.05, 3.63) is 29.3 Å². The predicted octanol–water partition coefficient (Wildman–Crippen LogP) is 3.20. The van der Waals surface area contributed by atoms with Crippen LogP contribution in [-0.2, 0) is 0 Å². The molecule has 0 amide bonds. The SMILES string of the molecule is Cc1ccc(NCCCN2CCCC2)c(C)c1. The minimum Gasteiger partial charge on any atom is -0.385 e. The van der Waals surface area contributed by atoms with E-state index in [4.69, 9.17) is 0 Å². The Balaban J connectivity index is 1.70. The number of aryl methyl sites for hydroxylation is 2. The Bertz CT molecular complexity index is 354. The van der Waals surface area contributed by atoms with E-state index in [1.165, 1.54) is 55.7 Å². The predicted molar refractivity (Wildman–Crippen MR) is 74.7 cm³/mol. The summed E-state index contributed by atoms with van der Waals surface area (Å²) >= 11 is 0. The fourth-order valence-corrected chi connectivity index (χ4v) is 2.54. The summed E-state index contributed by atoms with van der Waals surface area (Å²) in [6, 6.07) is 6.61. The third-order valence-electron chi connectivity index (χ3n) is 3.55. The molecule has 0 atom stereocenters. The minimum absolute atomic E-state index is 1.08. The number of anilines is 1. The number of benzene rings is 1. The van der Waals surface area contributed by atoms with Gasteiger partial charge in [0.1, 0.15) is 0 Å². The maximum atomic E-state index is 3.54. The molecule has 17 heavy (non-hydrogen) atoms. The van der Waals surface area contributed by atoms with Crippen molar-refractivity contribution in [3.8, 4) is 0 Å². The van der Waals surface area contributed by atoms with E-state index in [0.717, 1.165) is 6.54 Å². The van der Waals surface area contributed by atoms with E-state index in [9.17, 15) is 0 Å². The standard InChI is InChI=1S/C15H24N2/c1-13-6-7-15(14(2)12-13)16-8-5-11-17-9-3-4-10-17/h6-7,12,16H,3-5,8-11H2,1-2H3. The van der Waals surface area contributed by atoms with Gasteiger partial charge in [-0.25, -0.2) is 0 Å². The molecule has 0 bridgehead atoms. The van der Waals surface area contributed by atoms with E-state index in [2.05, 4.69) is 42.3 Å². The largest absolute Gasteiger partial charge is 0.385 e. The van der Waals surface area contributed by atoms with Crippen LogP contribution in [0.2, 0.25) is 0 Å². The fourth-order valence-electron chi connectivity index (χ4n) is 2.54. The topological polar surface area (TPSA) is 15.3 Å². The van der Waals surface area contributed by atoms with Crippen molar-refractivity contribution in [2.75, 3.05) is 31.5 Å². The van der Waals surface area contributed by atoms with Crippen LogP contribution < -0.4 is 5.32 Å². The Labute approximate surface area is 105 Å². The summed E-state index contributed by atoms with van der Waals surface area (Å²) in [6.07, 6.45) is 4.03. The van der Waals surface area contributed by atoms with Gasteiger partial charge < -0.3 is 10.2 Å². The molecule has 2 nitrogen and oxygen atoms in total. The maximum absolute atomic E-state index is 3.54. The first-order valence-corrected chi connectivity index (χ1v) is 6.79. The van der Waals surface area contributed by atoms with Crippen LogP contribution in [0.25, 0.3) is 0 Å². The zero-order valence-corrected chi connectivity index (χ0v) is 11.1. The average Bonchev–Trinajstić information content (AvgIpc) is 2.79. The lowest BCUT2D eigenvalue weighted by Crippen LogP contribution is -2.22. The van der Waals surface area contributed by atoms with Crippen molar-refractivity contribution in [3.63, 3.8) is 0 Å². The number of likely N-dealkylation sites (tertiary alicyclic amines) is 1. The number of nitrogens with one attached hydrogen (secondary N) is 1. The molecule has 1 N–H and O–H groups in total. The van der Waals surface area contributed by atoms with Crippen LogP contribution >= 0.6 is 0 Å². The summed E-state index contributed by atoms with van der Waals surface area (Å²) in [5.74, 6) is 0. The molecule has 0 radical (unpaired) electrons. The lowest BCUT2D eigenvalue weighted by Gasteiger charge is -2.15. The molecule has 1 aliphatic heterocycles. The number of hydrogen-bond acceptors (Lipinski definition) is 2. The molecule has 1 saturated heterocycles. The van der Waals surface area contributed by atoms with Crippen LogP contribution in [0, 0.1) is 13.8 Å². The van der Waals surface area contributed by atoms with Gasteiger partial charge in [0.15, 0.2) is 0 Å². The third kappa shape index (κ3) is 3.74. The lowest BCUT2D eigenvalue weighted by atomic mass is 10.1. The van der Waals surface area contributed by atoms with Crippen molar-refractivity contribution in [1.82, 2.24) is 4.90 Å². The van der Waals surface area contributed by atoms with E-state index in [-0.39, 0.29) is 0 Å². The number of nitrogens with zero attached hydrogens (tertiary/aromatic N) is 1. The molecule has 1 aliphatic rings. The number of hydrogen-bond donors (Lipinski definition) is 1. The maximum Gasteiger partial charge on any atom is 0.0370 e. The van der Waals surface area contributed by atoms with Gasteiger partial charge in [-0.15, -0.1) is 0 Å². The van der Waals surface area contributed by atoms with Gasteiger partial charge >= 0.3 is 0 Å². The van der Waals surface area contributed by atoms with Crippen LogP contribution in [0.1, 0.15) is 30.4 Å². The summed E-state index contributed by atoms with van der Waals surface area (Å²) in [6.45, 7) is 9.27. The second-order valence-electron chi connectivity index (χ2n) is 5.15. The van der Waals surface area contributed by atoms with Crippen LogP contribution in [0.15, 0.2) is 18.2 Å². The smallest absolute Gasteiger partial charge is 0.0370 e. The summed E-state index contributed by atoms with van der Waals surface area (Å²) in [7, 11) is 0. The Morgan fingerprint density at radius 1 is 1.18 bits per heavy atom. The van der Waals surface area contributed by atoms with Gasteiger partial charge in [0.05, 0.1) is 0 Å². The van der Waals surface area contributed by atoms with Gasteiger partial charge in [-0.1, -0.05) is 17.7 Å². The summed E-state index contributed by atoms with van der Waals surface area (Å²) in [5, 5.41) is 3.54. The second-order valence-corrected chi connectivity index (χ2v) is 5.15. The average molecular weight is 232 g/mol. The second kappa shape index (κ2) is 6.06. The highest BCUT2D eigenvalue weighted by atomic mass is 15.1. The van der Waals surface area contributed by atoms with Crippen LogP contribution in [0.5, 0.6) is 0 Å². The highest BCUT2D eigenvalue weighted by Crippen LogP contribution is 2.16. The Hall–Kier alpha value is -1.02. The molecule has 0 aliphatic carbocycles. The third-order valence-corrected chi connectivity index (χ3v) is 3.55. The van der Waals surface area contributed by atoms with E-state index in [1.807, 2.05) is 0 Å². The summed E-state index contributed by atoms with van der Waals surface area (Å²) in [5.41, 5.74) is 3.98. The van der Waals surface area contributed by atoms with Crippen molar-refractivity contribution in [2.24, 2.45) is 0 Å². The molecule has 2 rings (SSSR count). The van der Waals surface area contributed by atoms with Crippen molar-refractivity contribution in [2.45, 2.75) is 33.1 Å². The van der Waals surface area contributed by atoms with Crippen LogP contribution in [-0.4, -0.2) is 31.1 Å². The molecule has 1 heterocycles.